The van der Waals surface area contributed by atoms with E-state index < -0.39 is 5.97 Å². The van der Waals surface area contributed by atoms with Crippen molar-refractivity contribution in [1.29, 1.82) is 0 Å². The Hall–Kier alpha value is -1.09. The van der Waals surface area contributed by atoms with E-state index in [1.165, 1.54) is 0 Å². The lowest BCUT2D eigenvalue weighted by Crippen LogP contribution is -1.98. The molecule has 0 aliphatic heterocycles. The summed E-state index contributed by atoms with van der Waals surface area (Å²) in [6.45, 7) is 5.05. The van der Waals surface area contributed by atoms with Crippen LogP contribution in [0.15, 0.2) is 23.3 Å². The molecule has 2 N–H and O–H groups in total. The Balaban J connectivity index is 4.27. The van der Waals surface area contributed by atoms with Gasteiger partial charge < -0.3 is 10.2 Å². The first-order chi connectivity index (χ1) is 5.93. The first kappa shape index (κ1) is 11.9. The second kappa shape index (κ2) is 5.54. The molecule has 0 spiro atoms. The predicted molar refractivity (Wildman–Crippen MR) is 51.4 cm³/mol. The van der Waals surface area contributed by atoms with E-state index in [9.17, 15) is 4.79 Å². The largest absolute Gasteiger partial charge is 0.478 e. The summed E-state index contributed by atoms with van der Waals surface area (Å²) in [4.78, 5) is 10.4. The quantitative estimate of drug-likeness (QED) is 0.516. The van der Waals surface area contributed by atoms with Gasteiger partial charge in [-0.3, -0.25) is 0 Å². The van der Waals surface area contributed by atoms with Crippen LogP contribution in [0.4, 0.5) is 0 Å². The first-order valence-corrected chi connectivity index (χ1v) is 4.20. The van der Waals surface area contributed by atoms with Gasteiger partial charge in [-0.1, -0.05) is 11.6 Å². The molecule has 0 amide bonds. The molecule has 0 saturated carbocycles. The number of rotatable bonds is 4. The Kier molecular flexibility index (Phi) is 5.07. The third-order valence-electron chi connectivity index (χ3n) is 1.56. The molecule has 0 fully saturated rings. The molecule has 0 unspecified atom stereocenters. The summed E-state index contributed by atoms with van der Waals surface area (Å²) in [6.07, 6.45) is 3.57. The van der Waals surface area contributed by atoms with Gasteiger partial charge in [0.2, 0.25) is 0 Å². The molecule has 0 bridgehead atoms. The molecule has 0 aromatic rings. The normalized spacial score (nSPS) is 15.7. The minimum absolute atomic E-state index is 0.305. The monoisotopic (exact) mass is 184 g/mol. The molecule has 0 aliphatic carbocycles. The maximum Gasteiger partial charge on any atom is 0.331 e. The van der Waals surface area contributed by atoms with E-state index in [0.717, 1.165) is 5.57 Å². The lowest BCUT2D eigenvalue weighted by Gasteiger charge is -1.99. The second-order valence-corrected chi connectivity index (χ2v) is 3.17. The van der Waals surface area contributed by atoms with Crippen LogP contribution in [0, 0.1) is 0 Å². The Morgan fingerprint density at radius 1 is 1.46 bits per heavy atom. The van der Waals surface area contributed by atoms with Crippen molar-refractivity contribution >= 4 is 5.97 Å². The van der Waals surface area contributed by atoms with Crippen molar-refractivity contribution in [3.05, 3.63) is 23.3 Å². The fourth-order valence-electron chi connectivity index (χ4n) is 0.819. The van der Waals surface area contributed by atoms with Gasteiger partial charge in [-0.05, 0) is 33.3 Å². The van der Waals surface area contributed by atoms with E-state index in [-0.39, 0.29) is 6.10 Å². The van der Waals surface area contributed by atoms with Crippen LogP contribution in [-0.2, 0) is 4.79 Å². The Morgan fingerprint density at radius 3 is 2.38 bits per heavy atom. The number of aliphatic hydroxyl groups excluding tert-OH is 1. The fraction of sp³-hybridized carbons (Fsp3) is 0.500. The maximum atomic E-state index is 10.4. The molecule has 0 aromatic heterocycles. The minimum atomic E-state index is -0.912. The van der Waals surface area contributed by atoms with E-state index >= 15 is 0 Å². The lowest BCUT2D eigenvalue weighted by molar-refractivity contribution is -0.132. The summed E-state index contributed by atoms with van der Waals surface area (Å²) in [5, 5.41) is 17.5. The summed E-state index contributed by atoms with van der Waals surface area (Å²) in [6, 6.07) is 0. The number of hydrogen-bond donors (Lipinski definition) is 2. The van der Waals surface area contributed by atoms with Crippen LogP contribution in [0.1, 0.15) is 27.2 Å². The zero-order valence-corrected chi connectivity index (χ0v) is 8.24. The van der Waals surface area contributed by atoms with Gasteiger partial charge in [-0.2, -0.15) is 0 Å². The maximum absolute atomic E-state index is 10.4. The molecule has 0 rings (SSSR count). The van der Waals surface area contributed by atoms with Gasteiger partial charge in [0, 0.05) is 5.57 Å². The number of hydrogen-bond acceptors (Lipinski definition) is 2. The standard InChI is InChI=1S/C10H16O3/c1-7(4-5-9(3)11)6-8(2)10(12)13/h4,6,9,11H,5H2,1-3H3,(H,12,13)/b7-4+,8-6+/t9-/m0/s1. The molecule has 13 heavy (non-hydrogen) atoms. The second-order valence-electron chi connectivity index (χ2n) is 3.17. The highest BCUT2D eigenvalue weighted by Crippen LogP contribution is 2.04. The molecule has 0 aliphatic rings. The molecule has 0 saturated heterocycles. The topological polar surface area (TPSA) is 57.5 Å². The predicted octanol–water partition coefficient (Wildman–Crippen LogP) is 1.73. The molecule has 3 nitrogen and oxygen atoms in total. The van der Waals surface area contributed by atoms with Gasteiger partial charge in [-0.25, -0.2) is 4.79 Å². The van der Waals surface area contributed by atoms with Gasteiger partial charge in [0.05, 0.1) is 6.10 Å². The molecular weight excluding hydrogens is 168 g/mol. The van der Waals surface area contributed by atoms with Crippen molar-refractivity contribution in [3.63, 3.8) is 0 Å². The van der Waals surface area contributed by atoms with Gasteiger partial charge in [-0.15, -0.1) is 0 Å². The van der Waals surface area contributed by atoms with Crippen molar-refractivity contribution in [2.24, 2.45) is 0 Å². The van der Waals surface area contributed by atoms with Crippen molar-refractivity contribution in [1.82, 2.24) is 0 Å². The van der Waals surface area contributed by atoms with Crippen LogP contribution < -0.4 is 0 Å². The van der Waals surface area contributed by atoms with Crippen LogP contribution in [0.2, 0.25) is 0 Å². The number of aliphatic hydroxyl groups is 1. The summed E-state index contributed by atoms with van der Waals surface area (Å²) < 4.78 is 0. The smallest absolute Gasteiger partial charge is 0.331 e. The number of carboxylic acids is 1. The number of carbonyl (C=O) groups is 1. The van der Waals surface area contributed by atoms with Gasteiger partial charge in [0.15, 0.2) is 0 Å². The van der Waals surface area contributed by atoms with E-state index in [0.29, 0.717) is 12.0 Å². The molecule has 1 atom stereocenters. The molecular formula is C10H16O3. The number of aliphatic carboxylic acids is 1. The van der Waals surface area contributed by atoms with Gasteiger partial charge in [0.25, 0.3) is 0 Å². The van der Waals surface area contributed by atoms with Crippen molar-refractivity contribution < 1.29 is 15.0 Å². The summed E-state index contributed by atoms with van der Waals surface area (Å²) >= 11 is 0. The Morgan fingerprint density at radius 2 is 2.00 bits per heavy atom. The van der Waals surface area contributed by atoms with Crippen LogP contribution >= 0.6 is 0 Å². The van der Waals surface area contributed by atoms with Crippen LogP contribution in [0.3, 0.4) is 0 Å². The highest BCUT2D eigenvalue weighted by atomic mass is 16.4. The van der Waals surface area contributed by atoms with Crippen LogP contribution in [0.5, 0.6) is 0 Å². The van der Waals surface area contributed by atoms with E-state index in [2.05, 4.69) is 0 Å². The molecule has 0 aromatic carbocycles. The SMILES string of the molecule is CC(=C\C[C@H](C)O)/C=C(\C)C(=O)O. The van der Waals surface area contributed by atoms with Crippen molar-refractivity contribution in [3.8, 4) is 0 Å². The van der Waals surface area contributed by atoms with E-state index in [1.54, 1.807) is 19.9 Å². The molecule has 3 heteroatoms. The van der Waals surface area contributed by atoms with E-state index in [1.807, 2.05) is 13.0 Å². The first-order valence-electron chi connectivity index (χ1n) is 4.20. The lowest BCUT2D eigenvalue weighted by atomic mass is 10.1. The van der Waals surface area contributed by atoms with Crippen LogP contribution in [-0.4, -0.2) is 22.3 Å². The van der Waals surface area contributed by atoms with Crippen molar-refractivity contribution in [2.45, 2.75) is 33.3 Å². The van der Waals surface area contributed by atoms with Gasteiger partial charge >= 0.3 is 5.97 Å². The zero-order valence-electron chi connectivity index (χ0n) is 8.24. The third kappa shape index (κ3) is 6.11. The zero-order chi connectivity index (χ0) is 10.4. The highest BCUT2D eigenvalue weighted by molar-refractivity contribution is 5.86. The summed E-state index contributed by atoms with van der Waals surface area (Å²) in [7, 11) is 0. The summed E-state index contributed by atoms with van der Waals surface area (Å²) in [5.41, 5.74) is 1.17. The van der Waals surface area contributed by atoms with E-state index in [4.69, 9.17) is 10.2 Å². The third-order valence-corrected chi connectivity index (χ3v) is 1.56. The number of carboxylic acid groups (broad SMARTS) is 1. The average Bonchev–Trinajstić information content (AvgIpc) is 2.00. The molecule has 74 valence electrons. The fourth-order valence-corrected chi connectivity index (χ4v) is 0.819. The minimum Gasteiger partial charge on any atom is -0.478 e. The average molecular weight is 184 g/mol. The van der Waals surface area contributed by atoms with Crippen LogP contribution in [0.25, 0.3) is 0 Å². The number of allylic oxidation sites excluding steroid dienone is 2. The Bertz CT molecular complexity index is 237. The summed E-state index contributed by atoms with van der Waals surface area (Å²) in [5.74, 6) is -0.912. The van der Waals surface area contributed by atoms with Gasteiger partial charge in [0.1, 0.15) is 0 Å². The molecule has 0 radical (unpaired) electrons. The highest BCUT2D eigenvalue weighted by Gasteiger charge is 1.99. The van der Waals surface area contributed by atoms with Crippen molar-refractivity contribution in [2.75, 3.05) is 0 Å². The molecule has 0 heterocycles. The Labute approximate surface area is 78.4 Å².